The zero-order valence-corrected chi connectivity index (χ0v) is 17.7. The predicted octanol–water partition coefficient (Wildman–Crippen LogP) is 3.25. The van der Waals surface area contributed by atoms with Crippen LogP contribution in [0.5, 0.6) is 5.75 Å². The summed E-state index contributed by atoms with van der Waals surface area (Å²) in [5, 5.41) is 19.7. The number of hydrogen-bond donors (Lipinski definition) is 3. The van der Waals surface area contributed by atoms with Crippen molar-refractivity contribution < 1.29 is 28.2 Å². The summed E-state index contributed by atoms with van der Waals surface area (Å²) in [6.45, 7) is 5.09. The number of sulfonamides is 1. The van der Waals surface area contributed by atoms with Gasteiger partial charge in [-0.2, -0.15) is 4.72 Å². The summed E-state index contributed by atoms with van der Waals surface area (Å²) in [6, 6.07) is 7.76. The average Bonchev–Trinajstić information content (AvgIpc) is 2.61. The lowest BCUT2D eigenvalue weighted by Gasteiger charge is -2.21. The Kier molecular flexibility index (Phi) is 6.72. The molecule has 0 heterocycles. The third kappa shape index (κ3) is 5.79. The van der Waals surface area contributed by atoms with Crippen molar-refractivity contribution in [3.63, 3.8) is 0 Å². The van der Waals surface area contributed by atoms with Crippen LogP contribution in [0.3, 0.4) is 0 Å². The summed E-state index contributed by atoms with van der Waals surface area (Å²) in [7, 11) is -4.13. The number of phenolic OH excluding ortho intramolecular Hbond substituents is 1. The second-order valence-corrected chi connectivity index (χ2v) is 9.74. The molecule has 2 aromatic rings. The number of benzene rings is 2. The molecule has 0 aliphatic rings. The van der Waals surface area contributed by atoms with Crippen molar-refractivity contribution >= 4 is 33.4 Å². The summed E-state index contributed by atoms with van der Waals surface area (Å²) in [6.07, 6.45) is -0.278. The standard InChI is InChI=1S/C20H22ClNO6S/c1-20(2,3)18(24)16-11-14(23)7-4-12(16)10-17(19(25)26)22-29(27,28)15-8-5-13(21)6-9-15/h4-9,11,17,22-23H,10H2,1-3H3,(H,25,26)/t17-/m0/s1. The molecule has 0 aliphatic carbocycles. The maximum absolute atomic E-state index is 12.7. The first-order valence-corrected chi connectivity index (χ1v) is 10.5. The Bertz CT molecular complexity index is 1030. The number of carbonyl (C=O) groups excluding carboxylic acids is 1. The maximum Gasteiger partial charge on any atom is 0.322 e. The van der Waals surface area contributed by atoms with Crippen molar-refractivity contribution in [2.75, 3.05) is 0 Å². The van der Waals surface area contributed by atoms with Crippen LogP contribution in [0.1, 0.15) is 36.7 Å². The van der Waals surface area contributed by atoms with Gasteiger partial charge >= 0.3 is 5.97 Å². The molecule has 0 spiro atoms. The lowest BCUT2D eigenvalue weighted by Crippen LogP contribution is -2.42. The molecule has 0 saturated heterocycles. The molecule has 0 amide bonds. The van der Waals surface area contributed by atoms with Crippen molar-refractivity contribution in [1.29, 1.82) is 0 Å². The Morgan fingerprint density at radius 1 is 1.10 bits per heavy atom. The van der Waals surface area contributed by atoms with Crippen molar-refractivity contribution in [2.24, 2.45) is 5.41 Å². The smallest absolute Gasteiger partial charge is 0.322 e. The number of carbonyl (C=O) groups is 2. The van der Waals surface area contributed by atoms with Gasteiger partial charge in [0.15, 0.2) is 5.78 Å². The summed E-state index contributed by atoms with van der Waals surface area (Å²) in [5.41, 5.74) is -0.312. The Hall–Kier alpha value is -2.42. The normalized spacial score (nSPS) is 13.1. The molecule has 2 aromatic carbocycles. The molecular formula is C20H22ClNO6S. The van der Waals surface area contributed by atoms with Crippen LogP contribution in [0, 0.1) is 5.41 Å². The molecule has 0 radical (unpaired) electrons. The number of aliphatic carboxylic acids is 1. The maximum atomic E-state index is 12.7. The van der Waals surface area contributed by atoms with E-state index in [1.807, 2.05) is 0 Å². The molecule has 29 heavy (non-hydrogen) atoms. The fourth-order valence-corrected chi connectivity index (χ4v) is 3.94. The summed E-state index contributed by atoms with van der Waals surface area (Å²) in [5.74, 6) is -1.84. The molecular weight excluding hydrogens is 418 g/mol. The molecule has 2 rings (SSSR count). The quantitative estimate of drug-likeness (QED) is 0.569. The van der Waals surface area contributed by atoms with Crippen LogP contribution < -0.4 is 4.72 Å². The van der Waals surface area contributed by atoms with Gasteiger partial charge in [0.1, 0.15) is 11.8 Å². The Morgan fingerprint density at radius 3 is 2.21 bits per heavy atom. The fraction of sp³-hybridized carbons (Fsp3) is 0.300. The molecule has 0 aliphatic heterocycles. The van der Waals surface area contributed by atoms with Crippen LogP contribution in [0.2, 0.25) is 5.02 Å². The molecule has 7 nitrogen and oxygen atoms in total. The van der Waals surface area contributed by atoms with Crippen molar-refractivity contribution in [3.8, 4) is 5.75 Å². The first-order valence-electron chi connectivity index (χ1n) is 8.68. The van der Waals surface area contributed by atoms with Crippen LogP contribution in [0.15, 0.2) is 47.4 Å². The lowest BCUT2D eigenvalue weighted by molar-refractivity contribution is -0.138. The van der Waals surface area contributed by atoms with Gasteiger partial charge in [-0.25, -0.2) is 8.42 Å². The second kappa shape index (κ2) is 8.52. The minimum Gasteiger partial charge on any atom is -0.508 e. The first-order chi connectivity index (χ1) is 13.3. The topological polar surface area (TPSA) is 121 Å². The van der Waals surface area contributed by atoms with Crippen molar-refractivity contribution in [3.05, 3.63) is 58.6 Å². The van der Waals surface area contributed by atoms with Crippen LogP contribution in [0.25, 0.3) is 0 Å². The van der Waals surface area contributed by atoms with E-state index in [1.54, 1.807) is 20.8 Å². The predicted molar refractivity (Wildman–Crippen MR) is 109 cm³/mol. The molecule has 0 saturated carbocycles. The van der Waals surface area contributed by atoms with Gasteiger partial charge in [-0.3, -0.25) is 9.59 Å². The van der Waals surface area contributed by atoms with E-state index >= 15 is 0 Å². The highest BCUT2D eigenvalue weighted by Crippen LogP contribution is 2.27. The average molecular weight is 440 g/mol. The van der Waals surface area contributed by atoms with E-state index < -0.39 is 27.4 Å². The van der Waals surface area contributed by atoms with Gasteiger partial charge in [0, 0.05) is 22.4 Å². The number of halogens is 1. The van der Waals surface area contributed by atoms with Crippen molar-refractivity contribution in [2.45, 2.75) is 38.1 Å². The number of hydrogen-bond acceptors (Lipinski definition) is 5. The molecule has 1 atom stereocenters. The molecule has 0 aromatic heterocycles. The van der Waals surface area contributed by atoms with E-state index in [2.05, 4.69) is 4.72 Å². The molecule has 3 N–H and O–H groups in total. The Morgan fingerprint density at radius 2 is 1.69 bits per heavy atom. The number of ketones is 1. The van der Waals surface area contributed by atoms with Crippen LogP contribution in [0.4, 0.5) is 0 Å². The van der Waals surface area contributed by atoms with Gasteiger partial charge in [0.05, 0.1) is 4.90 Å². The zero-order chi connectivity index (χ0) is 22.0. The van der Waals surface area contributed by atoms with Crippen molar-refractivity contribution in [1.82, 2.24) is 4.72 Å². The number of nitrogens with one attached hydrogen (secondary N) is 1. The molecule has 156 valence electrons. The largest absolute Gasteiger partial charge is 0.508 e. The third-order valence-corrected chi connectivity index (χ3v) is 5.90. The summed E-state index contributed by atoms with van der Waals surface area (Å²) < 4.78 is 27.3. The van der Waals surface area contributed by atoms with Gasteiger partial charge in [-0.15, -0.1) is 0 Å². The van der Waals surface area contributed by atoms with Crippen LogP contribution >= 0.6 is 11.6 Å². The van der Waals surface area contributed by atoms with E-state index in [4.69, 9.17) is 11.6 Å². The number of rotatable bonds is 7. The third-order valence-electron chi connectivity index (χ3n) is 4.16. The number of aromatic hydroxyl groups is 1. The van der Waals surface area contributed by atoms with Gasteiger partial charge in [0.2, 0.25) is 10.0 Å². The Labute approximate surface area is 174 Å². The monoisotopic (exact) mass is 439 g/mol. The van der Waals surface area contributed by atoms with E-state index in [1.165, 1.54) is 42.5 Å². The Balaban J connectivity index is 2.38. The number of carboxylic acids is 1. The van der Waals surface area contributed by atoms with E-state index in [0.29, 0.717) is 10.6 Å². The highest BCUT2D eigenvalue weighted by atomic mass is 35.5. The summed E-state index contributed by atoms with van der Waals surface area (Å²) in [4.78, 5) is 24.3. The summed E-state index contributed by atoms with van der Waals surface area (Å²) >= 11 is 5.76. The van der Waals surface area contributed by atoms with E-state index in [0.717, 1.165) is 0 Å². The van der Waals surface area contributed by atoms with Gasteiger partial charge in [0.25, 0.3) is 0 Å². The molecule has 0 fully saturated rings. The van der Waals surface area contributed by atoms with E-state index in [9.17, 15) is 28.2 Å². The van der Waals surface area contributed by atoms with E-state index in [-0.39, 0.29) is 28.4 Å². The zero-order valence-electron chi connectivity index (χ0n) is 16.1. The highest BCUT2D eigenvalue weighted by Gasteiger charge is 2.30. The first kappa shape index (κ1) is 22.9. The molecule has 0 bridgehead atoms. The van der Waals surface area contributed by atoms with Gasteiger partial charge < -0.3 is 10.2 Å². The second-order valence-electron chi connectivity index (χ2n) is 7.59. The fourth-order valence-electron chi connectivity index (χ4n) is 2.63. The van der Waals surface area contributed by atoms with Gasteiger partial charge in [-0.1, -0.05) is 38.4 Å². The van der Waals surface area contributed by atoms with Crippen LogP contribution in [-0.4, -0.2) is 36.4 Å². The van der Waals surface area contributed by atoms with Gasteiger partial charge in [-0.05, 0) is 42.0 Å². The SMILES string of the molecule is CC(C)(C)C(=O)c1cc(O)ccc1C[C@H](NS(=O)(=O)c1ccc(Cl)cc1)C(=O)O. The number of phenols is 1. The van der Waals surface area contributed by atoms with Crippen LogP contribution in [-0.2, 0) is 21.2 Å². The highest BCUT2D eigenvalue weighted by molar-refractivity contribution is 7.89. The molecule has 0 unspecified atom stereocenters. The minimum absolute atomic E-state index is 0.134. The minimum atomic E-state index is -4.13. The number of Topliss-reactive ketones (excluding diaryl/α,β-unsaturated/α-hetero) is 1. The lowest BCUT2D eigenvalue weighted by atomic mass is 9.83. The number of carboxylic acid groups (broad SMARTS) is 1. The molecule has 9 heteroatoms.